The molecule has 1 aliphatic heterocycles. The van der Waals surface area contributed by atoms with Crippen LogP contribution in [0.25, 0.3) is 10.9 Å². The molecule has 1 saturated heterocycles. The highest BCUT2D eigenvalue weighted by Gasteiger charge is 2.34. The number of likely N-dealkylation sites (tertiary alicyclic amines) is 1. The molecule has 5 rings (SSSR count). The fraction of sp³-hybridized carbons (Fsp3) is 0.310. The molecule has 0 radical (unpaired) electrons. The first-order valence-corrected chi connectivity index (χ1v) is 14.2. The van der Waals surface area contributed by atoms with Crippen molar-refractivity contribution in [3.8, 4) is 0 Å². The molecule has 1 atom stereocenters. The van der Waals surface area contributed by atoms with E-state index in [1.54, 1.807) is 23.1 Å². The van der Waals surface area contributed by atoms with Crippen molar-refractivity contribution in [3.63, 3.8) is 0 Å². The number of carbonyl (C=O) groups excluding carboxylic acids is 1. The molecule has 1 aliphatic carbocycles. The van der Waals surface area contributed by atoms with Crippen LogP contribution in [0.1, 0.15) is 43.0 Å². The van der Waals surface area contributed by atoms with Gasteiger partial charge in [-0.05, 0) is 67.2 Å². The lowest BCUT2D eigenvalue weighted by Gasteiger charge is -2.39. The number of fused-ring (bicyclic) bond motifs is 1. The zero-order valence-corrected chi connectivity index (χ0v) is 21.9. The molecule has 1 amide bonds. The van der Waals surface area contributed by atoms with Gasteiger partial charge >= 0.3 is 0 Å². The van der Waals surface area contributed by atoms with Gasteiger partial charge in [0, 0.05) is 36.1 Å². The van der Waals surface area contributed by atoms with Crippen LogP contribution in [0, 0.1) is 11.7 Å². The lowest BCUT2D eigenvalue weighted by Crippen LogP contribution is -2.46. The Bertz CT molecular complexity index is 1530. The van der Waals surface area contributed by atoms with Crippen LogP contribution in [0.15, 0.2) is 83.4 Å². The Morgan fingerprint density at radius 3 is 2.63 bits per heavy atom. The molecule has 2 aromatic carbocycles. The van der Waals surface area contributed by atoms with Crippen LogP contribution in [0.2, 0.25) is 0 Å². The Labute approximate surface area is 221 Å². The Hall–Kier alpha value is -3.56. The van der Waals surface area contributed by atoms with Crippen LogP contribution in [0.3, 0.4) is 0 Å². The smallest absolute Gasteiger partial charge is 0.264 e. The summed E-state index contributed by atoms with van der Waals surface area (Å²) in [7, 11) is -4.00. The quantitative estimate of drug-likeness (QED) is 0.460. The second-order valence-electron chi connectivity index (χ2n) is 10.2. The molecule has 1 aromatic heterocycles. The maximum Gasteiger partial charge on any atom is 0.264 e. The number of aromatic nitrogens is 1. The standard InChI is InChI=1S/C29H30FN3O4S/c1-20-4-2-5-21(16-20)18-29(35)12-14-33(15-13-29)28(34)22-8-10-25(11-9-22)32-38(36,37)26-7-3-6-23-17-24(30)19-31-27(23)26/h2-3,5-11,16-17,19-20,32,35H,4,12-15,18H2,1H3. The number of allylic oxidation sites excluding steroid dienone is 3. The predicted octanol–water partition coefficient (Wildman–Crippen LogP) is 5.05. The number of para-hydroxylation sites is 1. The summed E-state index contributed by atoms with van der Waals surface area (Å²) in [5.41, 5.74) is 1.22. The molecule has 9 heteroatoms. The number of pyridine rings is 1. The van der Waals surface area contributed by atoms with E-state index >= 15 is 0 Å². The summed E-state index contributed by atoms with van der Waals surface area (Å²) in [5, 5.41) is 11.5. The molecule has 198 valence electrons. The third kappa shape index (κ3) is 5.63. The van der Waals surface area contributed by atoms with E-state index in [1.165, 1.54) is 30.3 Å². The van der Waals surface area contributed by atoms with Gasteiger partial charge in [-0.25, -0.2) is 12.8 Å². The normalized spacial score (nSPS) is 19.3. The largest absolute Gasteiger partial charge is 0.389 e. The molecular formula is C29H30FN3O4S. The number of anilines is 1. The molecule has 0 spiro atoms. The third-order valence-corrected chi connectivity index (χ3v) is 8.58. The van der Waals surface area contributed by atoms with Crippen molar-refractivity contribution < 1.29 is 22.7 Å². The third-order valence-electron chi connectivity index (χ3n) is 7.17. The molecule has 0 saturated carbocycles. The topological polar surface area (TPSA) is 99.6 Å². The number of sulfonamides is 1. The fourth-order valence-corrected chi connectivity index (χ4v) is 6.36. The molecule has 7 nitrogen and oxygen atoms in total. The van der Waals surface area contributed by atoms with Crippen LogP contribution in [-0.4, -0.2) is 48.0 Å². The fourth-order valence-electron chi connectivity index (χ4n) is 5.12. The number of nitrogens with one attached hydrogen (secondary N) is 1. The van der Waals surface area contributed by atoms with Gasteiger partial charge in [0.25, 0.3) is 15.9 Å². The van der Waals surface area contributed by atoms with Gasteiger partial charge in [0.1, 0.15) is 10.7 Å². The first-order valence-electron chi connectivity index (χ1n) is 12.7. The van der Waals surface area contributed by atoms with Crippen LogP contribution in [0.4, 0.5) is 10.1 Å². The van der Waals surface area contributed by atoms with Gasteiger partial charge in [-0.2, -0.15) is 0 Å². The highest BCUT2D eigenvalue weighted by molar-refractivity contribution is 7.93. The van der Waals surface area contributed by atoms with E-state index in [4.69, 9.17) is 0 Å². The van der Waals surface area contributed by atoms with Crippen molar-refractivity contribution in [2.75, 3.05) is 17.8 Å². The van der Waals surface area contributed by atoms with E-state index in [9.17, 15) is 22.7 Å². The number of rotatable bonds is 6. The first kappa shape index (κ1) is 26.1. The molecule has 0 bridgehead atoms. The minimum Gasteiger partial charge on any atom is -0.389 e. The zero-order valence-electron chi connectivity index (χ0n) is 21.1. The van der Waals surface area contributed by atoms with Crippen molar-refractivity contribution in [1.82, 2.24) is 9.88 Å². The number of benzene rings is 2. The van der Waals surface area contributed by atoms with Crippen LogP contribution in [0.5, 0.6) is 0 Å². The minimum atomic E-state index is -4.00. The molecule has 2 N–H and O–H groups in total. The van der Waals surface area contributed by atoms with E-state index in [0.29, 0.717) is 49.2 Å². The number of carbonyl (C=O) groups is 1. The molecule has 1 fully saturated rings. The summed E-state index contributed by atoms with van der Waals surface area (Å²) in [6.07, 6.45) is 10.0. The van der Waals surface area contributed by atoms with Crippen molar-refractivity contribution >= 4 is 32.5 Å². The average Bonchev–Trinajstić information content (AvgIpc) is 2.88. The second kappa shape index (κ2) is 10.3. The van der Waals surface area contributed by atoms with E-state index in [1.807, 2.05) is 0 Å². The second-order valence-corrected chi connectivity index (χ2v) is 11.9. The molecule has 2 heterocycles. The Morgan fingerprint density at radius 1 is 1.18 bits per heavy atom. The maximum atomic E-state index is 13.5. The summed E-state index contributed by atoms with van der Waals surface area (Å²) < 4.78 is 42.1. The van der Waals surface area contributed by atoms with Gasteiger partial charge in [0.05, 0.1) is 17.3 Å². The molecular weight excluding hydrogens is 505 g/mol. The average molecular weight is 536 g/mol. The molecule has 3 aromatic rings. The molecule has 1 unspecified atom stereocenters. The first-order chi connectivity index (χ1) is 18.1. The number of hydrogen-bond acceptors (Lipinski definition) is 5. The number of nitrogens with zero attached hydrogens (tertiary/aromatic N) is 2. The summed E-state index contributed by atoms with van der Waals surface area (Å²) >= 11 is 0. The number of hydrogen-bond donors (Lipinski definition) is 2. The maximum absolute atomic E-state index is 13.5. The van der Waals surface area contributed by atoms with E-state index in [0.717, 1.165) is 18.2 Å². The van der Waals surface area contributed by atoms with Gasteiger partial charge in [-0.15, -0.1) is 0 Å². The molecule has 38 heavy (non-hydrogen) atoms. The van der Waals surface area contributed by atoms with Crippen molar-refractivity contribution in [2.45, 2.75) is 43.1 Å². The Kier molecular flexibility index (Phi) is 7.07. The number of halogens is 1. The zero-order chi connectivity index (χ0) is 26.9. The van der Waals surface area contributed by atoms with Gasteiger partial charge < -0.3 is 10.0 Å². The number of piperidine rings is 1. The monoisotopic (exact) mass is 535 g/mol. The lowest BCUT2D eigenvalue weighted by atomic mass is 9.82. The summed E-state index contributed by atoms with van der Waals surface area (Å²) in [6.45, 7) is 3.06. The number of aliphatic hydroxyl groups is 1. The van der Waals surface area contributed by atoms with Crippen LogP contribution in [-0.2, 0) is 10.0 Å². The summed E-state index contributed by atoms with van der Waals surface area (Å²) in [4.78, 5) is 18.7. The Balaban J connectivity index is 1.23. The van der Waals surface area contributed by atoms with Crippen LogP contribution >= 0.6 is 0 Å². The highest BCUT2D eigenvalue weighted by Crippen LogP contribution is 2.32. The van der Waals surface area contributed by atoms with Gasteiger partial charge in [-0.1, -0.05) is 37.3 Å². The van der Waals surface area contributed by atoms with Gasteiger partial charge in [0.15, 0.2) is 0 Å². The highest BCUT2D eigenvalue weighted by atomic mass is 32.2. The summed E-state index contributed by atoms with van der Waals surface area (Å²) in [6, 6.07) is 12.0. The predicted molar refractivity (Wildman–Crippen MR) is 145 cm³/mol. The van der Waals surface area contributed by atoms with E-state index in [-0.39, 0.29) is 22.0 Å². The van der Waals surface area contributed by atoms with Gasteiger partial charge in [-0.3, -0.25) is 14.5 Å². The minimum absolute atomic E-state index is 0.0649. The lowest BCUT2D eigenvalue weighted by molar-refractivity contribution is -0.0157. The van der Waals surface area contributed by atoms with Crippen LogP contribution < -0.4 is 4.72 Å². The number of amides is 1. The Morgan fingerprint density at radius 2 is 1.92 bits per heavy atom. The van der Waals surface area contributed by atoms with Crippen molar-refractivity contribution in [3.05, 3.63) is 89.9 Å². The SMILES string of the molecule is CC1C=C(CC2(O)CCN(C(=O)c3ccc(NS(=O)(=O)c4cccc5cc(F)cnc45)cc3)CC2)C=CC1. The van der Waals surface area contributed by atoms with Gasteiger partial charge in [0.2, 0.25) is 0 Å². The van der Waals surface area contributed by atoms with E-state index < -0.39 is 21.4 Å². The van der Waals surface area contributed by atoms with Crippen molar-refractivity contribution in [1.29, 1.82) is 0 Å². The summed E-state index contributed by atoms with van der Waals surface area (Å²) in [5.74, 6) is -0.236. The van der Waals surface area contributed by atoms with E-state index in [2.05, 4.69) is 34.9 Å². The van der Waals surface area contributed by atoms with Crippen molar-refractivity contribution in [2.24, 2.45) is 5.92 Å². The molecule has 2 aliphatic rings.